The number of nitrogens with zero attached hydrogens (tertiary/aromatic N) is 1. The fourth-order valence-corrected chi connectivity index (χ4v) is 3.10. The molecule has 1 aliphatic carbocycles. The Hall–Kier alpha value is -2.15. The van der Waals surface area contributed by atoms with Gasteiger partial charge in [0.15, 0.2) is 5.76 Å². The lowest BCUT2D eigenvalue weighted by atomic mass is 9.95. The Labute approximate surface area is 129 Å². The average molecular weight is 321 g/mol. The third-order valence-electron chi connectivity index (χ3n) is 3.96. The van der Waals surface area contributed by atoms with Crippen LogP contribution in [0.1, 0.15) is 24.0 Å². The van der Waals surface area contributed by atoms with E-state index in [1.165, 1.54) is 7.11 Å². The lowest BCUT2D eigenvalue weighted by Crippen LogP contribution is -2.07. The molecule has 22 heavy (non-hydrogen) atoms. The molecule has 0 bridgehead atoms. The molecule has 1 fully saturated rings. The molecule has 1 heterocycles. The zero-order chi connectivity index (χ0) is 15.7. The van der Waals surface area contributed by atoms with Gasteiger partial charge in [-0.15, -0.1) is 0 Å². The van der Waals surface area contributed by atoms with Crippen molar-refractivity contribution in [1.82, 2.24) is 5.16 Å². The van der Waals surface area contributed by atoms with Crippen LogP contribution in [0.3, 0.4) is 0 Å². The van der Waals surface area contributed by atoms with Gasteiger partial charge in [0.1, 0.15) is 22.7 Å². The molecule has 1 aromatic heterocycles. The second kappa shape index (κ2) is 5.57. The van der Waals surface area contributed by atoms with E-state index in [4.69, 9.17) is 9.26 Å². The van der Waals surface area contributed by atoms with Crippen LogP contribution in [-0.2, 0) is 26.7 Å². The van der Waals surface area contributed by atoms with Crippen LogP contribution in [0, 0.1) is 0 Å². The van der Waals surface area contributed by atoms with Gasteiger partial charge in [0.2, 0.25) is 0 Å². The maximum atomic E-state index is 11.3. The quantitative estimate of drug-likeness (QED) is 0.643. The van der Waals surface area contributed by atoms with E-state index in [9.17, 15) is 13.2 Å². The highest BCUT2D eigenvalue weighted by Crippen LogP contribution is 2.49. The molecule has 2 aromatic rings. The number of benzene rings is 1. The number of rotatable bonds is 6. The smallest absolute Gasteiger partial charge is 0.171 e. The molecule has 0 aliphatic heterocycles. The summed E-state index contributed by atoms with van der Waals surface area (Å²) in [5.41, 5.74) is 1.49. The van der Waals surface area contributed by atoms with Crippen LogP contribution in [0.2, 0.25) is 0 Å². The van der Waals surface area contributed by atoms with E-state index in [1.807, 2.05) is 0 Å². The van der Waals surface area contributed by atoms with Gasteiger partial charge in [-0.3, -0.25) is 0 Å². The van der Waals surface area contributed by atoms with E-state index in [0.29, 0.717) is 22.6 Å². The summed E-state index contributed by atoms with van der Waals surface area (Å²) in [7, 11) is -1.08. The second-order valence-electron chi connectivity index (χ2n) is 5.36. The van der Waals surface area contributed by atoms with Crippen molar-refractivity contribution < 1.29 is 22.5 Å². The largest absolute Gasteiger partial charge is 0.496 e. The number of thiol groups is 1. The van der Waals surface area contributed by atoms with E-state index in [-0.39, 0.29) is 5.75 Å². The molecule has 3 rings (SSSR count). The molecular weight excluding hydrogens is 306 g/mol. The molecule has 1 aromatic carbocycles. The van der Waals surface area contributed by atoms with E-state index in [1.54, 1.807) is 24.4 Å². The first-order valence-corrected chi connectivity index (χ1v) is 8.16. The van der Waals surface area contributed by atoms with Gasteiger partial charge in [-0.05, 0) is 31.0 Å². The van der Waals surface area contributed by atoms with Gasteiger partial charge in [0.05, 0.1) is 24.5 Å². The van der Waals surface area contributed by atoms with Gasteiger partial charge in [0, 0.05) is 16.7 Å². The molecule has 0 radical (unpaired) electrons. The first kappa shape index (κ1) is 14.8. The molecule has 0 N–H and O–H groups in total. The molecule has 6 nitrogen and oxygen atoms in total. The molecule has 116 valence electrons. The van der Waals surface area contributed by atoms with Gasteiger partial charge in [-0.25, -0.2) is 8.42 Å². The molecule has 0 amide bonds. The zero-order valence-electron chi connectivity index (χ0n) is 11.9. The van der Waals surface area contributed by atoms with Gasteiger partial charge in [-0.2, -0.15) is 0 Å². The fraction of sp³-hybridized carbons (Fsp3) is 0.333. The van der Waals surface area contributed by atoms with Crippen molar-refractivity contribution in [1.29, 1.82) is 0 Å². The normalized spacial score (nSPS) is 15.7. The standard InChI is InChI=1S/C15H15NO5S/c1-20-13-3-2-10(6-11(13)8-22(18)19)14-12(7-16-21-14)15(9-17)4-5-15/h2-3,6-7,9,22H,4-5,8H2,1H3. The number of aromatic nitrogens is 1. The predicted octanol–water partition coefficient (Wildman–Crippen LogP) is 1.69. The van der Waals surface area contributed by atoms with Crippen LogP contribution in [0.15, 0.2) is 28.9 Å². The van der Waals surface area contributed by atoms with Crippen molar-refractivity contribution >= 4 is 17.0 Å². The highest BCUT2D eigenvalue weighted by Gasteiger charge is 2.47. The number of carbonyl (C=O) groups is 1. The van der Waals surface area contributed by atoms with Crippen molar-refractivity contribution in [3.8, 4) is 17.1 Å². The minimum absolute atomic E-state index is 0.116. The Balaban J connectivity index is 2.06. The Bertz CT molecular complexity index is 781. The van der Waals surface area contributed by atoms with Crippen molar-refractivity contribution in [2.24, 2.45) is 0 Å². The summed E-state index contributed by atoms with van der Waals surface area (Å²) in [6.45, 7) is 0. The van der Waals surface area contributed by atoms with Crippen molar-refractivity contribution in [2.75, 3.05) is 7.11 Å². The molecule has 0 atom stereocenters. The SMILES string of the molecule is COc1ccc(-c2oncc2C2(C=O)CC2)cc1C[SH](=O)=O. The first-order valence-electron chi connectivity index (χ1n) is 6.80. The molecule has 1 aliphatic rings. The van der Waals surface area contributed by atoms with Gasteiger partial charge in [0.25, 0.3) is 0 Å². The number of hydrogen-bond acceptors (Lipinski definition) is 6. The summed E-state index contributed by atoms with van der Waals surface area (Å²) in [6, 6.07) is 5.16. The Kier molecular flexibility index (Phi) is 3.74. The number of methoxy groups -OCH3 is 1. The average Bonchev–Trinajstić information content (AvgIpc) is 3.15. The van der Waals surface area contributed by atoms with Crippen molar-refractivity contribution in [3.63, 3.8) is 0 Å². The molecule has 0 spiro atoms. The number of ether oxygens (including phenoxy) is 1. The van der Waals surface area contributed by atoms with Crippen LogP contribution < -0.4 is 4.74 Å². The van der Waals surface area contributed by atoms with Crippen LogP contribution >= 0.6 is 0 Å². The molecule has 1 saturated carbocycles. The maximum absolute atomic E-state index is 11.3. The van der Waals surface area contributed by atoms with Crippen molar-refractivity contribution in [3.05, 3.63) is 35.5 Å². The Morgan fingerprint density at radius 2 is 2.18 bits per heavy atom. The highest BCUT2D eigenvalue weighted by atomic mass is 32.2. The number of hydrogen-bond donors (Lipinski definition) is 1. The lowest BCUT2D eigenvalue weighted by Gasteiger charge is -2.10. The number of carbonyl (C=O) groups excluding carboxylic acids is 1. The van der Waals surface area contributed by atoms with E-state index in [2.05, 4.69) is 5.16 Å². The lowest BCUT2D eigenvalue weighted by molar-refractivity contribution is -0.109. The predicted molar refractivity (Wildman–Crippen MR) is 79.5 cm³/mol. The minimum Gasteiger partial charge on any atom is -0.496 e. The minimum atomic E-state index is -2.57. The van der Waals surface area contributed by atoms with Gasteiger partial charge >= 0.3 is 0 Å². The first-order chi connectivity index (χ1) is 10.6. The summed E-state index contributed by atoms with van der Waals surface area (Å²) in [6.07, 6.45) is 4.05. The van der Waals surface area contributed by atoms with E-state index < -0.39 is 16.1 Å². The van der Waals surface area contributed by atoms with Gasteiger partial charge < -0.3 is 14.1 Å². The molecular formula is C15H15NO5S. The van der Waals surface area contributed by atoms with Crippen LogP contribution in [-0.4, -0.2) is 27.0 Å². The van der Waals surface area contributed by atoms with E-state index >= 15 is 0 Å². The third kappa shape index (κ3) is 2.52. The topological polar surface area (TPSA) is 86.5 Å². The van der Waals surface area contributed by atoms with Crippen LogP contribution in [0.5, 0.6) is 5.75 Å². The Morgan fingerprint density at radius 1 is 1.41 bits per heavy atom. The Morgan fingerprint density at radius 3 is 2.77 bits per heavy atom. The highest BCUT2D eigenvalue weighted by molar-refractivity contribution is 7.71. The summed E-state index contributed by atoms with van der Waals surface area (Å²) in [5, 5.41) is 3.80. The summed E-state index contributed by atoms with van der Waals surface area (Å²) < 4.78 is 32.5. The fourth-order valence-electron chi connectivity index (χ4n) is 2.57. The monoisotopic (exact) mass is 321 g/mol. The second-order valence-corrected chi connectivity index (χ2v) is 6.34. The molecule has 7 heteroatoms. The summed E-state index contributed by atoms with van der Waals surface area (Å²) in [4.78, 5) is 11.3. The third-order valence-corrected chi connectivity index (χ3v) is 4.56. The van der Waals surface area contributed by atoms with E-state index in [0.717, 1.165) is 24.7 Å². The maximum Gasteiger partial charge on any atom is 0.171 e. The number of aldehydes is 1. The van der Waals surface area contributed by atoms with Crippen LogP contribution in [0.25, 0.3) is 11.3 Å². The molecule has 0 saturated heterocycles. The summed E-state index contributed by atoms with van der Waals surface area (Å²) in [5.74, 6) is 0.893. The zero-order valence-corrected chi connectivity index (χ0v) is 12.8. The molecule has 0 unspecified atom stereocenters. The van der Waals surface area contributed by atoms with Gasteiger partial charge in [-0.1, -0.05) is 5.16 Å². The summed E-state index contributed by atoms with van der Waals surface area (Å²) >= 11 is 0. The van der Waals surface area contributed by atoms with Crippen LogP contribution in [0.4, 0.5) is 0 Å². The van der Waals surface area contributed by atoms with Crippen molar-refractivity contribution in [2.45, 2.75) is 24.0 Å².